The van der Waals surface area contributed by atoms with Crippen LogP contribution in [0.1, 0.15) is 5.56 Å². The number of halogens is 1. The zero-order chi connectivity index (χ0) is 9.52. The van der Waals surface area contributed by atoms with E-state index in [9.17, 15) is 0 Å². The van der Waals surface area contributed by atoms with Crippen molar-refractivity contribution in [2.45, 2.75) is 12.0 Å². The highest BCUT2D eigenvalue weighted by atomic mass is 35.5. The van der Waals surface area contributed by atoms with Crippen LogP contribution in [0.3, 0.4) is 0 Å². The average molecular weight is 201 g/mol. The van der Waals surface area contributed by atoms with E-state index in [4.69, 9.17) is 16.3 Å². The lowest BCUT2D eigenvalue weighted by Gasteiger charge is -2.06. The van der Waals surface area contributed by atoms with E-state index < -0.39 is 0 Å². The fourth-order valence-corrected chi connectivity index (χ4v) is 1.05. The van der Waals surface area contributed by atoms with Crippen molar-refractivity contribution in [3.05, 3.63) is 35.9 Å². The minimum Gasteiger partial charge on any atom is -0.375 e. The molecule has 0 unspecified atom stereocenters. The highest BCUT2D eigenvalue weighted by molar-refractivity contribution is 6.20. The summed E-state index contributed by atoms with van der Waals surface area (Å²) in [6.07, 6.45) is 0. The summed E-state index contributed by atoms with van der Waals surface area (Å²) in [5.41, 5.74) is 4.88. The summed E-state index contributed by atoms with van der Waals surface area (Å²) in [6, 6.07) is 10.1. The Morgan fingerprint density at radius 2 is 2.00 bits per heavy atom. The van der Waals surface area contributed by atoms with Gasteiger partial charge in [-0.15, -0.1) is 11.6 Å². The van der Waals surface area contributed by atoms with Crippen LogP contribution in [0.5, 0.6) is 0 Å². The van der Waals surface area contributed by atoms with E-state index in [0.717, 1.165) is 0 Å². The molecule has 0 fully saturated rings. The quantitative estimate of drug-likeness (QED) is 0.709. The fraction of sp³-hybridized carbons (Fsp3) is 0.400. The molecule has 0 amide bonds. The molecule has 0 aromatic heterocycles. The second-order valence-corrected chi connectivity index (χ2v) is 3.50. The van der Waals surface area contributed by atoms with Gasteiger partial charge in [-0.2, -0.15) is 0 Å². The monoisotopic (exact) mass is 200 g/mol. The molecule has 0 saturated heterocycles. The molecule has 72 valence electrons. The molecule has 1 atom stereocenters. The van der Waals surface area contributed by atoms with E-state index in [1.807, 2.05) is 30.3 Å². The molecule has 0 spiro atoms. The smallest absolute Gasteiger partial charge is 0.106 e. The SMILES string of the molecule is [NH3+]C[C@@H](Cl)COCc1ccccc1. The fourth-order valence-electron chi connectivity index (χ4n) is 0.962. The molecule has 13 heavy (non-hydrogen) atoms. The molecule has 0 bridgehead atoms. The molecule has 2 nitrogen and oxygen atoms in total. The lowest BCUT2D eigenvalue weighted by Crippen LogP contribution is -2.55. The average Bonchev–Trinajstić information content (AvgIpc) is 2.19. The van der Waals surface area contributed by atoms with E-state index >= 15 is 0 Å². The van der Waals surface area contributed by atoms with Gasteiger partial charge in [0.2, 0.25) is 0 Å². The molecule has 0 saturated carbocycles. The van der Waals surface area contributed by atoms with Crippen molar-refractivity contribution in [2.75, 3.05) is 13.2 Å². The van der Waals surface area contributed by atoms with Crippen LogP contribution in [0.25, 0.3) is 0 Å². The van der Waals surface area contributed by atoms with Crippen molar-refractivity contribution >= 4 is 11.6 Å². The Balaban J connectivity index is 2.20. The number of hydrogen-bond acceptors (Lipinski definition) is 1. The van der Waals surface area contributed by atoms with Crippen molar-refractivity contribution in [3.8, 4) is 0 Å². The number of quaternary nitrogens is 1. The number of benzene rings is 1. The van der Waals surface area contributed by atoms with E-state index in [0.29, 0.717) is 19.8 Å². The van der Waals surface area contributed by atoms with E-state index in [-0.39, 0.29) is 5.38 Å². The topological polar surface area (TPSA) is 36.9 Å². The summed E-state index contributed by atoms with van der Waals surface area (Å²) in [6.45, 7) is 1.90. The van der Waals surface area contributed by atoms with Crippen molar-refractivity contribution in [1.29, 1.82) is 0 Å². The Hall–Kier alpha value is -0.570. The molecule has 0 aliphatic rings. The Kier molecular flexibility index (Phi) is 4.83. The molecule has 0 aliphatic heterocycles. The van der Waals surface area contributed by atoms with Gasteiger partial charge in [-0.25, -0.2) is 0 Å². The van der Waals surface area contributed by atoms with E-state index in [1.165, 1.54) is 5.56 Å². The summed E-state index contributed by atoms with van der Waals surface area (Å²) in [5.74, 6) is 0. The number of rotatable bonds is 5. The first-order valence-corrected chi connectivity index (χ1v) is 4.81. The molecule has 3 N–H and O–H groups in total. The van der Waals surface area contributed by atoms with Gasteiger partial charge in [-0.3, -0.25) is 0 Å². The zero-order valence-corrected chi connectivity index (χ0v) is 8.33. The Morgan fingerprint density at radius 1 is 1.31 bits per heavy atom. The number of ether oxygens (including phenoxy) is 1. The van der Waals surface area contributed by atoms with Gasteiger partial charge in [0.05, 0.1) is 19.8 Å². The summed E-state index contributed by atoms with van der Waals surface area (Å²) < 4.78 is 5.40. The molecular weight excluding hydrogens is 186 g/mol. The largest absolute Gasteiger partial charge is 0.375 e. The van der Waals surface area contributed by atoms with Crippen LogP contribution in [-0.4, -0.2) is 18.5 Å². The normalized spacial score (nSPS) is 12.8. The van der Waals surface area contributed by atoms with Crippen LogP contribution < -0.4 is 5.73 Å². The maximum Gasteiger partial charge on any atom is 0.106 e. The summed E-state index contributed by atoms with van der Waals surface area (Å²) in [4.78, 5) is 0. The standard InChI is InChI=1S/C10H14ClNO/c11-10(6-12)8-13-7-9-4-2-1-3-5-9/h1-5,10H,6-8,12H2/p+1/t10-/m1/s1. The molecule has 0 radical (unpaired) electrons. The van der Waals surface area contributed by atoms with Gasteiger partial charge in [0.15, 0.2) is 0 Å². The third-order valence-corrected chi connectivity index (χ3v) is 2.07. The maximum atomic E-state index is 5.84. The third kappa shape index (κ3) is 4.27. The minimum atomic E-state index is 0.0312. The first-order chi connectivity index (χ1) is 6.33. The highest BCUT2D eigenvalue weighted by Gasteiger charge is 2.02. The van der Waals surface area contributed by atoms with Gasteiger partial charge < -0.3 is 10.5 Å². The van der Waals surface area contributed by atoms with Gasteiger partial charge >= 0.3 is 0 Å². The maximum absolute atomic E-state index is 5.84. The van der Waals surface area contributed by atoms with Crippen LogP contribution >= 0.6 is 11.6 Å². The lowest BCUT2D eigenvalue weighted by atomic mass is 10.2. The van der Waals surface area contributed by atoms with Crippen LogP contribution in [0.2, 0.25) is 0 Å². The molecule has 1 rings (SSSR count). The van der Waals surface area contributed by atoms with Gasteiger partial charge in [0.1, 0.15) is 5.38 Å². The molecule has 1 aromatic rings. The second kappa shape index (κ2) is 5.97. The van der Waals surface area contributed by atoms with E-state index in [2.05, 4.69) is 5.73 Å². The Morgan fingerprint density at radius 3 is 2.62 bits per heavy atom. The molecule has 3 heteroatoms. The molecule has 1 aromatic carbocycles. The highest BCUT2D eigenvalue weighted by Crippen LogP contribution is 2.02. The van der Waals surface area contributed by atoms with Crippen molar-refractivity contribution in [1.82, 2.24) is 0 Å². The third-order valence-electron chi connectivity index (χ3n) is 1.72. The molecule has 0 heterocycles. The predicted molar refractivity (Wildman–Crippen MR) is 53.5 cm³/mol. The number of alkyl halides is 1. The lowest BCUT2D eigenvalue weighted by molar-refractivity contribution is -0.368. The number of hydrogen-bond donors (Lipinski definition) is 1. The van der Waals surface area contributed by atoms with Crippen molar-refractivity contribution < 1.29 is 10.5 Å². The first kappa shape index (κ1) is 10.5. The van der Waals surface area contributed by atoms with Crippen LogP contribution in [-0.2, 0) is 11.3 Å². The summed E-state index contributed by atoms with van der Waals surface area (Å²) in [5, 5.41) is 0.0312. The first-order valence-electron chi connectivity index (χ1n) is 4.38. The van der Waals surface area contributed by atoms with Gasteiger partial charge in [0, 0.05) is 0 Å². The summed E-state index contributed by atoms with van der Waals surface area (Å²) >= 11 is 5.84. The second-order valence-electron chi connectivity index (χ2n) is 2.89. The minimum absolute atomic E-state index is 0.0312. The van der Waals surface area contributed by atoms with Gasteiger partial charge in [-0.05, 0) is 5.56 Å². The van der Waals surface area contributed by atoms with Gasteiger partial charge in [-0.1, -0.05) is 30.3 Å². The van der Waals surface area contributed by atoms with Crippen LogP contribution in [0.15, 0.2) is 30.3 Å². The van der Waals surface area contributed by atoms with Crippen LogP contribution in [0.4, 0.5) is 0 Å². The Bertz CT molecular complexity index is 228. The van der Waals surface area contributed by atoms with E-state index in [1.54, 1.807) is 0 Å². The molecular formula is C10H15ClNO+. The zero-order valence-electron chi connectivity index (χ0n) is 7.58. The van der Waals surface area contributed by atoms with Crippen LogP contribution in [0, 0.1) is 0 Å². The van der Waals surface area contributed by atoms with Gasteiger partial charge in [0.25, 0.3) is 0 Å². The predicted octanol–water partition coefficient (Wildman–Crippen LogP) is 1.05. The van der Waals surface area contributed by atoms with Crippen molar-refractivity contribution in [2.24, 2.45) is 0 Å². The summed E-state index contributed by atoms with van der Waals surface area (Å²) in [7, 11) is 0. The van der Waals surface area contributed by atoms with Crippen molar-refractivity contribution in [3.63, 3.8) is 0 Å². The molecule has 0 aliphatic carbocycles. The Labute approximate surface area is 83.6 Å².